The Morgan fingerprint density at radius 1 is 1.07 bits per heavy atom. The highest BCUT2D eigenvalue weighted by molar-refractivity contribution is 5.50. The van der Waals surface area contributed by atoms with E-state index in [9.17, 15) is 13.2 Å². The fraction of sp³-hybridized carbons (Fsp3) is 0.125. The van der Waals surface area contributed by atoms with Crippen molar-refractivity contribution in [2.75, 3.05) is 0 Å². The van der Waals surface area contributed by atoms with E-state index in [2.05, 4.69) is 19.6 Å². The second kappa shape index (κ2) is 3.34. The van der Waals surface area contributed by atoms with Crippen LogP contribution < -0.4 is 0 Å². The van der Waals surface area contributed by atoms with Gasteiger partial charge in [0.1, 0.15) is 17.7 Å². The highest BCUT2D eigenvalue weighted by Gasteiger charge is 2.32. The number of nitrogens with zero attached hydrogens (tertiary/aromatic N) is 3. The Kier molecular flexibility index (Phi) is 2.14. The van der Waals surface area contributed by atoms with Crippen molar-refractivity contribution in [2.45, 2.75) is 6.18 Å². The van der Waals surface area contributed by atoms with Crippen LogP contribution in [-0.2, 0) is 6.18 Å². The molecule has 0 radical (unpaired) electrons. The van der Waals surface area contributed by atoms with Gasteiger partial charge in [0, 0.05) is 6.07 Å². The van der Waals surface area contributed by atoms with Crippen molar-refractivity contribution in [3.63, 3.8) is 0 Å². The monoisotopic (exact) mass is 215 g/mol. The molecule has 0 aliphatic carbocycles. The molecule has 15 heavy (non-hydrogen) atoms. The van der Waals surface area contributed by atoms with Crippen molar-refractivity contribution < 1.29 is 17.7 Å². The molecular formula is C8H4F3N3O. The lowest BCUT2D eigenvalue weighted by molar-refractivity contribution is -0.141. The molecule has 2 heterocycles. The van der Waals surface area contributed by atoms with Crippen LogP contribution in [0.3, 0.4) is 0 Å². The van der Waals surface area contributed by atoms with Gasteiger partial charge in [-0.1, -0.05) is 5.16 Å². The molecule has 0 saturated heterocycles. The third-order valence-corrected chi connectivity index (χ3v) is 1.64. The first kappa shape index (κ1) is 9.63. The van der Waals surface area contributed by atoms with Gasteiger partial charge in [0.05, 0.1) is 12.4 Å². The largest absolute Gasteiger partial charge is 0.434 e. The first-order valence-corrected chi connectivity index (χ1v) is 3.87. The Bertz CT molecular complexity index is 435. The molecule has 0 aromatic carbocycles. The van der Waals surface area contributed by atoms with Gasteiger partial charge in [-0.3, -0.25) is 4.98 Å². The van der Waals surface area contributed by atoms with Crippen LogP contribution in [0.2, 0.25) is 0 Å². The molecule has 2 aromatic rings. The summed E-state index contributed by atoms with van der Waals surface area (Å²) < 4.78 is 40.9. The minimum atomic E-state index is -4.48. The van der Waals surface area contributed by atoms with Gasteiger partial charge in [0.25, 0.3) is 0 Å². The van der Waals surface area contributed by atoms with Crippen LogP contribution in [0, 0.1) is 0 Å². The average molecular weight is 215 g/mol. The summed E-state index contributed by atoms with van der Waals surface area (Å²) >= 11 is 0. The van der Waals surface area contributed by atoms with Gasteiger partial charge in [-0.2, -0.15) is 13.2 Å². The predicted octanol–water partition coefficient (Wildman–Crippen LogP) is 2.15. The quantitative estimate of drug-likeness (QED) is 0.731. The lowest BCUT2D eigenvalue weighted by Gasteiger charge is -2.04. The van der Waals surface area contributed by atoms with E-state index in [4.69, 9.17) is 0 Å². The second-order valence-electron chi connectivity index (χ2n) is 2.67. The van der Waals surface area contributed by atoms with E-state index in [-0.39, 0.29) is 5.69 Å². The average Bonchev–Trinajstić information content (AvgIpc) is 2.69. The molecule has 0 fully saturated rings. The molecule has 0 atom stereocenters. The van der Waals surface area contributed by atoms with Gasteiger partial charge in [-0.15, -0.1) is 0 Å². The van der Waals surface area contributed by atoms with Crippen LogP contribution in [0.4, 0.5) is 13.2 Å². The molecule has 0 unspecified atom stereocenters. The van der Waals surface area contributed by atoms with Crippen molar-refractivity contribution in [3.8, 4) is 11.4 Å². The zero-order valence-electron chi connectivity index (χ0n) is 7.19. The van der Waals surface area contributed by atoms with Crippen molar-refractivity contribution in [3.05, 3.63) is 30.4 Å². The fourth-order valence-electron chi connectivity index (χ4n) is 0.951. The number of hydrogen-bond donors (Lipinski definition) is 0. The minimum Gasteiger partial charge on any atom is -0.364 e. The highest BCUT2D eigenvalue weighted by Crippen LogP contribution is 2.27. The maximum Gasteiger partial charge on any atom is 0.434 e. The zero-order valence-corrected chi connectivity index (χ0v) is 7.19. The Balaban J connectivity index is 2.33. The number of halogens is 3. The highest BCUT2D eigenvalue weighted by atomic mass is 19.4. The summed E-state index contributed by atoms with van der Waals surface area (Å²) in [6.07, 6.45) is -1.52. The van der Waals surface area contributed by atoms with E-state index in [1.54, 1.807) is 0 Å². The molecule has 0 aliphatic heterocycles. The minimum absolute atomic E-state index is 0.233. The van der Waals surface area contributed by atoms with E-state index in [1.165, 1.54) is 12.3 Å². The van der Waals surface area contributed by atoms with Crippen LogP contribution in [0.5, 0.6) is 0 Å². The van der Waals surface area contributed by atoms with Gasteiger partial charge in [0.15, 0.2) is 5.69 Å². The standard InChI is InChI=1S/C8H4F3N3O/c9-8(10,11)7-4-12-6(3-13-7)5-1-2-15-14-5/h1-4H. The number of alkyl halides is 3. The van der Waals surface area contributed by atoms with Crippen molar-refractivity contribution in [1.29, 1.82) is 0 Å². The van der Waals surface area contributed by atoms with Crippen LogP contribution >= 0.6 is 0 Å². The van der Waals surface area contributed by atoms with Gasteiger partial charge in [-0.25, -0.2) is 4.98 Å². The molecular weight excluding hydrogens is 211 g/mol. The van der Waals surface area contributed by atoms with Gasteiger partial charge in [0.2, 0.25) is 0 Å². The maximum absolute atomic E-state index is 12.1. The van der Waals surface area contributed by atoms with E-state index < -0.39 is 11.9 Å². The van der Waals surface area contributed by atoms with Gasteiger partial charge >= 0.3 is 6.18 Å². The van der Waals surface area contributed by atoms with E-state index in [0.717, 1.165) is 6.20 Å². The maximum atomic E-state index is 12.1. The number of rotatable bonds is 1. The Hall–Kier alpha value is -1.92. The van der Waals surface area contributed by atoms with Crippen molar-refractivity contribution in [2.24, 2.45) is 0 Å². The molecule has 0 spiro atoms. The van der Waals surface area contributed by atoms with Crippen molar-refractivity contribution >= 4 is 0 Å². The molecule has 0 amide bonds. The SMILES string of the molecule is FC(F)(F)c1cnc(-c2ccon2)cn1. The Labute approximate surface area is 81.8 Å². The van der Waals surface area contributed by atoms with Gasteiger partial charge < -0.3 is 4.52 Å². The Morgan fingerprint density at radius 2 is 1.87 bits per heavy atom. The summed E-state index contributed by atoms with van der Waals surface area (Å²) in [5.74, 6) is 0. The molecule has 0 N–H and O–H groups in total. The van der Waals surface area contributed by atoms with Gasteiger partial charge in [-0.05, 0) is 0 Å². The summed E-state index contributed by atoms with van der Waals surface area (Å²) in [7, 11) is 0. The smallest absolute Gasteiger partial charge is 0.364 e. The summed E-state index contributed by atoms with van der Waals surface area (Å²) in [5.41, 5.74) is -0.456. The number of aromatic nitrogens is 3. The number of hydrogen-bond acceptors (Lipinski definition) is 4. The zero-order chi connectivity index (χ0) is 10.9. The second-order valence-corrected chi connectivity index (χ2v) is 2.67. The molecule has 4 nitrogen and oxygen atoms in total. The van der Waals surface area contributed by atoms with E-state index in [0.29, 0.717) is 11.9 Å². The first-order chi connectivity index (χ1) is 7.07. The third-order valence-electron chi connectivity index (χ3n) is 1.64. The normalized spacial score (nSPS) is 11.7. The fourth-order valence-corrected chi connectivity index (χ4v) is 0.951. The Morgan fingerprint density at radius 3 is 2.33 bits per heavy atom. The van der Waals surface area contributed by atoms with E-state index in [1.807, 2.05) is 0 Å². The molecule has 2 rings (SSSR count). The van der Waals surface area contributed by atoms with Crippen LogP contribution in [-0.4, -0.2) is 15.1 Å². The van der Waals surface area contributed by atoms with Crippen LogP contribution in [0.1, 0.15) is 5.69 Å². The molecule has 78 valence electrons. The van der Waals surface area contributed by atoms with Crippen LogP contribution in [0.25, 0.3) is 11.4 Å². The summed E-state index contributed by atoms with van der Waals surface area (Å²) in [6, 6.07) is 1.48. The lowest BCUT2D eigenvalue weighted by atomic mass is 10.3. The molecule has 0 bridgehead atoms. The first-order valence-electron chi connectivity index (χ1n) is 3.87. The third kappa shape index (κ3) is 1.95. The molecule has 2 aromatic heterocycles. The molecule has 7 heteroatoms. The molecule has 0 saturated carbocycles. The summed E-state index contributed by atoms with van der Waals surface area (Å²) in [5, 5.41) is 3.52. The van der Waals surface area contributed by atoms with Crippen LogP contribution in [0.15, 0.2) is 29.2 Å². The summed E-state index contributed by atoms with van der Waals surface area (Å²) in [4.78, 5) is 6.82. The predicted molar refractivity (Wildman–Crippen MR) is 42.5 cm³/mol. The molecule has 0 aliphatic rings. The summed E-state index contributed by atoms with van der Waals surface area (Å²) in [6.45, 7) is 0. The van der Waals surface area contributed by atoms with Crippen molar-refractivity contribution in [1.82, 2.24) is 15.1 Å². The van der Waals surface area contributed by atoms with E-state index >= 15 is 0 Å². The topological polar surface area (TPSA) is 51.8 Å². The lowest BCUT2D eigenvalue weighted by Crippen LogP contribution is -2.08.